The molecule has 1 atom stereocenters. The Bertz CT molecular complexity index is 308. The van der Waals surface area contributed by atoms with E-state index in [-0.39, 0.29) is 6.42 Å². The Hall–Kier alpha value is -1.06. The van der Waals surface area contributed by atoms with Gasteiger partial charge in [0.05, 0.1) is 12.5 Å². The summed E-state index contributed by atoms with van der Waals surface area (Å²) < 4.78 is 5.06. The molecule has 14 heavy (non-hydrogen) atoms. The zero-order valence-corrected chi connectivity index (χ0v) is 8.49. The lowest BCUT2D eigenvalue weighted by atomic mass is 10.1. The van der Waals surface area contributed by atoms with E-state index in [0.29, 0.717) is 5.02 Å². The lowest BCUT2D eigenvalue weighted by Gasteiger charge is -2.12. The molecule has 0 heterocycles. The van der Waals surface area contributed by atoms with E-state index >= 15 is 0 Å². The van der Waals surface area contributed by atoms with Gasteiger partial charge in [0.15, 0.2) is 0 Å². The maximum Gasteiger partial charge on any atom is 0.306 e. The maximum absolute atomic E-state index is 10.5. The molecule has 4 heteroatoms. The van der Waals surface area contributed by atoms with Gasteiger partial charge >= 0.3 is 5.97 Å². The minimum absolute atomic E-state index is 0.0435. The molecule has 3 nitrogen and oxygen atoms in total. The van der Waals surface area contributed by atoms with Gasteiger partial charge in [-0.15, -0.1) is 0 Å². The van der Waals surface area contributed by atoms with Crippen LogP contribution >= 0.6 is 11.6 Å². The van der Waals surface area contributed by atoms with Gasteiger partial charge in [-0.2, -0.15) is 0 Å². The van der Waals surface area contributed by atoms with Crippen molar-refractivity contribution in [2.75, 3.05) is 7.11 Å². The first-order valence-electron chi connectivity index (χ1n) is 4.13. The molecule has 0 aliphatic carbocycles. The second-order valence-electron chi connectivity index (χ2n) is 2.87. The molecule has 0 aromatic heterocycles. The Morgan fingerprint density at radius 2 is 2.07 bits per heavy atom. The molecule has 0 saturated heterocycles. The number of hydrogen-bond acceptors (Lipinski definition) is 2. The Morgan fingerprint density at radius 3 is 2.50 bits per heavy atom. The number of aliphatic carboxylic acids is 1. The smallest absolute Gasteiger partial charge is 0.306 e. The van der Waals surface area contributed by atoms with Gasteiger partial charge < -0.3 is 9.84 Å². The Kier molecular flexibility index (Phi) is 3.92. The molecule has 0 radical (unpaired) electrons. The third-order valence-electron chi connectivity index (χ3n) is 1.89. The van der Waals surface area contributed by atoms with Gasteiger partial charge in [-0.05, 0) is 17.7 Å². The van der Waals surface area contributed by atoms with Crippen LogP contribution in [-0.4, -0.2) is 18.2 Å². The first-order chi connectivity index (χ1) is 6.63. The van der Waals surface area contributed by atoms with E-state index < -0.39 is 12.1 Å². The summed E-state index contributed by atoms with van der Waals surface area (Å²) in [5, 5.41) is 9.25. The van der Waals surface area contributed by atoms with E-state index in [1.54, 1.807) is 24.3 Å². The quantitative estimate of drug-likeness (QED) is 0.838. The van der Waals surface area contributed by atoms with Crippen molar-refractivity contribution in [2.24, 2.45) is 0 Å². The van der Waals surface area contributed by atoms with Crippen LogP contribution in [0, 0.1) is 0 Å². The monoisotopic (exact) mass is 214 g/mol. The number of methoxy groups -OCH3 is 1. The molecule has 0 aliphatic heterocycles. The molecule has 0 fully saturated rings. The molecule has 0 saturated carbocycles. The van der Waals surface area contributed by atoms with Gasteiger partial charge in [0.1, 0.15) is 0 Å². The summed E-state index contributed by atoms with van der Waals surface area (Å²) in [6.45, 7) is 0. The molecule has 0 aliphatic rings. The first kappa shape index (κ1) is 11.0. The number of carboxylic acid groups (broad SMARTS) is 1. The lowest BCUT2D eigenvalue weighted by molar-refractivity contribution is -0.139. The summed E-state index contributed by atoms with van der Waals surface area (Å²) in [4.78, 5) is 10.5. The Balaban J connectivity index is 2.78. The highest BCUT2D eigenvalue weighted by molar-refractivity contribution is 6.30. The molecule has 76 valence electrons. The number of halogens is 1. The second-order valence-corrected chi connectivity index (χ2v) is 3.31. The van der Waals surface area contributed by atoms with Gasteiger partial charge in [0.2, 0.25) is 0 Å². The number of hydrogen-bond donors (Lipinski definition) is 1. The molecule has 1 N–H and O–H groups in total. The number of rotatable bonds is 4. The van der Waals surface area contributed by atoms with Crippen molar-refractivity contribution in [3.05, 3.63) is 34.9 Å². The third kappa shape index (κ3) is 3.01. The summed E-state index contributed by atoms with van der Waals surface area (Å²) in [5.74, 6) is -0.883. The topological polar surface area (TPSA) is 46.5 Å². The van der Waals surface area contributed by atoms with Crippen molar-refractivity contribution in [3.8, 4) is 0 Å². The largest absolute Gasteiger partial charge is 0.481 e. The van der Waals surface area contributed by atoms with Crippen LogP contribution in [0.15, 0.2) is 24.3 Å². The van der Waals surface area contributed by atoms with Crippen LogP contribution in [0.5, 0.6) is 0 Å². The van der Waals surface area contributed by atoms with Crippen molar-refractivity contribution in [3.63, 3.8) is 0 Å². The Labute approximate surface area is 87.3 Å². The average Bonchev–Trinajstić information content (AvgIpc) is 2.15. The summed E-state index contributed by atoms with van der Waals surface area (Å²) >= 11 is 5.71. The molecule has 1 rings (SSSR count). The van der Waals surface area contributed by atoms with Crippen LogP contribution in [0.3, 0.4) is 0 Å². The van der Waals surface area contributed by atoms with Gasteiger partial charge in [-0.1, -0.05) is 23.7 Å². The minimum atomic E-state index is -0.883. The van der Waals surface area contributed by atoms with Gasteiger partial charge in [0.25, 0.3) is 0 Å². The highest BCUT2D eigenvalue weighted by atomic mass is 35.5. The van der Waals surface area contributed by atoms with Crippen LogP contribution in [-0.2, 0) is 9.53 Å². The van der Waals surface area contributed by atoms with E-state index in [4.69, 9.17) is 21.4 Å². The normalized spacial score (nSPS) is 12.4. The summed E-state index contributed by atoms with van der Waals surface area (Å²) in [6.07, 6.45) is -0.456. The molecule has 0 bridgehead atoms. The third-order valence-corrected chi connectivity index (χ3v) is 2.14. The molecular weight excluding hydrogens is 204 g/mol. The van der Waals surface area contributed by atoms with E-state index in [0.717, 1.165) is 5.56 Å². The van der Waals surface area contributed by atoms with E-state index in [9.17, 15) is 4.79 Å². The Morgan fingerprint density at radius 1 is 1.50 bits per heavy atom. The molecule has 0 spiro atoms. The van der Waals surface area contributed by atoms with Gasteiger partial charge in [-0.3, -0.25) is 4.79 Å². The lowest BCUT2D eigenvalue weighted by Crippen LogP contribution is -2.07. The van der Waals surface area contributed by atoms with Crippen LogP contribution < -0.4 is 0 Å². The molecule has 1 aromatic rings. The predicted octanol–water partition coefficient (Wildman–Crippen LogP) is 2.50. The van der Waals surface area contributed by atoms with Crippen molar-refractivity contribution in [1.82, 2.24) is 0 Å². The standard InChI is InChI=1S/C10H11ClO3/c1-14-9(6-10(12)13)7-2-4-8(11)5-3-7/h2-5,9H,6H2,1H3,(H,12,13). The maximum atomic E-state index is 10.5. The van der Waals surface area contributed by atoms with Crippen LogP contribution in [0.1, 0.15) is 18.1 Å². The zero-order chi connectivity index (χ0) is 10.6. The molecular formula is C10H11ClO3. The number of ether oxygens (including phenoxy) is 1. The molecule has 0 amide bonds. The van der Waals surface area contributed by atoms with Crippen LogP contribution in [0.2, 0.25) is 5.02 Å². The predicted molar refractivity (Wildman–Crippen MR) is 53.5 cm³/mol. The first-order valence-corrected chi connectivity index (χ1v) is 4.51. The average molecular weight is 215 g/mol. The van der Waals surface area contributed by atoms with Gasteiger partial charge in [0, 0.05) is 12.1 Å². The number of carboxylic acids is 1. The summed E-state index contributed by atoms with van der Waals surface area (Å²) in [7, 11) is 1.49. The van der Waals surface area contributed by atoms with Crippen molar-refractivity contribution in [2.45, 2.75) is 12.5 Å². The van der Waals surface area contributed by atoms with E-state index in [1.807, 2.05) is 0 Å². The van der Waals surface area contributed by atoms with Crippen molar-refractivity contribution < 1.29 is 14.6 Å². The van der Waals surface area contributed by atoms with Crippen LogP contribution in [0.4, 0.5) is 0 Å². The summed E-state index contributed by atoms with van der Waals surface area (Å²) in [5.41, 5.74) is 0.819. The van der Waals surface area contributed by atoms with Crippen LogP contribution in [0.25, 0.3) is 0 Å². The fourth-order valence-electron chi connectivity index (χ4n) is 1.17. The fourth-order valence-corrected chi connectivity index (χ4v) is 1.30. The summed E-state index contributed by atoms with van der Waals surface area (Å²) in [6, 6.07) is 6.95. The van der Waals surface area contributed by atoms with Gasteiger partial charge in [-0.25, -0.2) is 0 Å². The van der Waals surface area contributed by atoms with E-state index in [1.165, 1.54) is 7.11 Å². The van der Waals surface area contributed by atoms with Crippen molar-refractivity contribution in [1.29, 1.82) is 0 Å². The highest BCUT2D eigenvalue weighted by Crippen LogP contribution is 2.21. The number of benzene rings is 1. The zero-order valence-electron chi connectivity index (χ0n) is 7.74. The highest BCUT2D eigenvalue weighted by Gasteiger charge is 2.14. The van der Waals surface area contributed by atoms with Crippen molar-refractivity contribution >= 4 is 17.6 Å². The molecule has 1 aromatic carbocycles. The molecule has 1 unspecified atom stereocenters. The van der Waals surface area contributed by atoms with E-state index in [2.05, 4.69) is 0 Å². The fraction of sp³-hybridized carbons (Fsp3) is 0.300. The minimum Gasteiger partial charge on any atom is -0.481 e. The SMILES string of the molecule is COC(CC(=O)O)c1ccc(Cl)cc1. The second kappa shape index (κ2) is 4.98. The number of carbonyl (C=O) groups is 1.